The number of hydrogen-bond donors (Lipinski definition) is 1. The molecule has 0 aliphatic heterocycles. The molecule has 1 rings (SSSR count). The van der Waals surface area contributed by atoms with Crippen LogP contribution in [0.2, 0.25) is 0 Å². The van der Waals surface area contributed by atoms with Crippen molar-refractivity contribution < 1.29 is 13.2 Å². The van der Waals surface area contributed by atoms with Crippen LogP contribution < -0.4 is 5.32 Å². The van der Waals surface area contributed by atoms with Crippen molar-refractivity contribution in [2.24, 2.45) is 0 Å². The summed E-state index contributed by atoms with van der Waals surface area (Å²) in [6.45, 7) is 2.82. The van der Waals surface area contributed by atoms with E-state index in [4.69, 9.17) is 0 Å². The first kappa shape index (κ1) is 15.7. The summed E-state index contributed by atoms with van der Waals surface area (Å²) < 4.78 is 22.6. The van der Waals surface area contributed by atoms with Crippen LogP contribution in [0.5, 0.6) is 0 Å². The first-order valence-corrected chi connectivity index (χ1v) is 8.38. The van der Waals surface area contributed by atoms with Crippen molar-refractivity contribution in [3.05, 3.63) is 29.8 Å². The van der Waals surface area contributed by atoms with E-state index < -0.39 is 9.84 Å². The molecule has 5 heteroatoms. The van der Waals surface area contributed by atoms with Gasteiger partial charge in [-0.1, -0.05) is 31.9 Å². The third-order valence-corrected chi connectivity index (χ3v) is 3.95. The Morgan fingerprint density at radius 3 is 2.32 bits per heavy atom. The molecule has 1 aromatic rings. The van der Waals surface area contributed by atoms with Gasteiger partial charge in [-0.2, -0.15) is 0 Å². The molecule has 0 bridgehead atoms. The number of nitrogens with one attached hydrogen (secondary N) is 1. The molecule has 0 radical (unpaired) electrons. The Labute approximate surface area is 115 Å². The molecule has 0 aromatic heterocycles. The fourth-order valence-corrected chi connectivity index (χ4v) is 2.34. The number of unbranched alkanes of at least 4 members (excludes halogenated alkanes) is 2. The summed E-state index contributed by atoms with van der Waals surface area (Å²) in [7, 11) is -3.17. The summed E-state index contributed by atoms with van der Waals surface area (Å²) in [5.41, 5.74) is 0.820. The predicted molar refractivity (Wildman–Crippen MR) is 75.8 cm³/mol. The number of benzene rings is 1. The third kappa shape index (κ3) is 5.87. The van der Waals surface area contributed by atoms with Crippen LogP contribution >= 0.6 is 0 Å². The van der Waals surface area contributed by atoms with Gasteiger partial charge in [0.25, 0.3) is 0 Å². The molecular weight excluding hydrogens is 262 g/mol. The van der Waals surface area contributed by atoms with Gasteiger partial charge in [-0.3, -0.25) is 4.79 Å². The van der Waals surface area contributed by atoms with Gasteiger partial charge in [0, 0.05) is 12.8 Å². The Balaban J connectivity index is 2.47. The van der Waals surface area contributed by atoms with Gasteiger partial charge in [-0.05, 0) is 24.1 Å². The molecule has 0 aliphatic rings. The lowest BCUT2D eigenvalue weighted by Crippen LogP contribution is -2.26. The molecule has 0 unspecified atom stereocenters. The molecule has 0 saturated heterocycles. The van der Waals surface area contributed by atoms with E-state index in [2.05, 4.69) is 12.2 Å². The second-order valence-electron chi connectivity index (χ2n) is 4.65. The molecule has 0 heterocycles. The molecule has 0 atom stereocenters. The summed E-state index contributed by atoms with van der Waals surface area (Å²) in [6.07, 6.45) is 4.69. The standard InChI is InChI=1S/C14H21NO3S/c1-3-4-5-10-15-14(16)11-12-6-8-13(9-7-12)19(2,17)18/h6-9H,3-5,10-11H2,1-2H3,(H,15,16). The Bertz CT molecular complexity index is 506. The average Bonchev–Trinajstić information content (AvgIpc) is 2.34. The minimum atomic E-state index is -3.17. The van der Waals surface area contributed by atoms with E-state index in [-0.39, 0.29) is 17.2 Å². The molecular formula is C14H21NO3S. The van der Waals surface area contributed by atoms with Crippen LogP contribution in [0.3, 0.4) is 0 Å². The second kappa shape index (κ2) is 7.28. The number of carbonyl (C=O) groups excluding carboxylic acids is 1. The monoisotopic (exact) mass is 283 g/mol. The first-order valence-electron chi connectivity index (χ1n) is 6.49. The summed E-state index contributed by atoms with van der Waals surface area (Å²) in [5, 5.41) is 2.85. The van der Waals surface area contributed by atoms with Crippen molar-refractivity contribution >= 4 is 15.7 Å². The van der Waals surface area contributed by atoms with Gasteiger partial charge < -0.3 is 5.32 Å². The van der Waals surface area contributed by atoms with Crippen molar-refractivity contribution in [3.8, 4) is 0 Å². The van der Waals surface area contributed by atoms with E-state index in [0.717, 1.165) is 24.8 Å². The van der Waals surface area contributed by atoms with Crippen LogP contribution in [0.4, 0.5) is 0 Å². The zero-order valence-corrected chi connectivity index (χ0v) is 12.3. The highest BCUT2D eigenvalue weighted by Crippen LogP contribution is 2.10. The Morgan fingerprint density at radius 1 is 1.16 bits per heavy atom. The van der Waals surface area contributed by atoms with Gasteiger partial charge in [0.1, 0.15) is 0 Å². The normalized spacial score (nSPS) is 11.3. The van der Waals surface area contributed by atoms with Crippen molar-refractivity contribution in [1.82, 2.24) is 5.32 Å². The largest absolute Gasteiger partial charge is 0.356 e. The summed E-state index contributed by atoms with van der Waals surface area (Å²) in [5.74, 6) is -0.0248. The third-order valence-electron chi connectivity index (χ3n) is 2.82. The highest BCUT2D eigenvalue weighted by atomic mass is 32.2. The average molecular weight is 283 g/mol. The highest BCUT2D eigenvalue weighted by Gasteiger charge is 2.07. The molecule has 4 nitrogen and oxygen atoms in total. The smallest absolute Gasteiger partial charge is 0.224 e. The first-order chi connectivity index (χ1) is 8.93. The van der Waals surface area contributed by atoms with Crippen LogP contribution in [0.15, 0.2) is 29.2 Å². The number of amides is 1. The van der Waals surface area contributed by atoms with Gasteiger partial charge in [-0.15, -0.1) is 0 Å². The zero-order valence-electron chi connectivity index (χ0n) is 11.5. The van der Waals surface area contributed by atoms with Gasteiger partial charge in [0.2, 0.25) is 5.91 Å². The van der Waals surface area contributed by atoms with Gasteiger partial charge in [0.05, 0.1) is 11.3 Å². The lowest BCUT2D eigenvalue weighted by atomic mass is 10.1. The van der Waals surface area contributed by atoms with E-state index in [1.54, 1.807) is 12.1 Å². The molecule has 19 heavy (non-hydrogen) atoms. The molecule has 1 amide bonds. The Hall–Kier alpha value is -1.36. The van der Waals surface area contributed by atoms with Crippen LogP contribution in [0, 0.1) is 0 Å². The molecule has 106 valence electrons. The minimum Gasteiger partial charge on any atom is -0.356 e. The fourth-order valence-electron chi connectivity index (χ4n) is 1.71. The number of hydrogen-bond acceptors (Lipinski definition) is 3. The number of rotatable bonds is 7. The van der Waals surface area contributed by atoms with E-state index in [9.17, 15) is 13.2 Å². The Morgan fingerprint density at radius 2 is 1.79 bits per heavy atom. The topological polar surface area (TPSA) is 63.2 Å². The van der Waals surface area contributed by atoms with Crippen LogP contribution in [0.1, 0.15) is 31.7 Å². The maximum Gasteiger partial charge on any atom is 0.224 e. The highest BCUT2D eigenvalue weighted by molar-refractivity contribution is 7.90. The van der Waals surface area contributed by atoms with Crippen molar-refractivity contribution in [2.75, 3.05) is 12.8 Å². The quantitative estimate of drug-likeness (QED) is 0.778. The van der Waals surface area contributed by atoms with Crippen LogP contribution in [0.25, 0.3) is 0 Å². The van der Waals surface area contributed by atoms with Crippen molar-refractivity contribution in [1.29, 1.82) is 0 Å². The van der Waals surface area contributed by atoms with Gasteiger partial charge in [0.15, 0.2) is 9.84 Å². The summed E-state index contributed by atoms with van der Waals surface area (Å²) in [6, 6.07) is 6.44. The van der Waals surface area contributed by atoms with E-state index in [0.29, 0.717) is 6.54 Å². The van der Waals surface area contributed by atoms with Gasteiger partial charge in [-0.25, -0.2) is 8.42 Å². The summed E-state index contributed by atoms with van der Waals surface area (Å²) in [4.78, 5) is 11.9. The summed E-state index contributed by atoms with van der Waals surface area (Å²) >= 11 is 0. The van der Waals surface area contributed by atoms with Gasteiger partial charge >= 0.3 is 0 Å². The predicted octanol–water partition coefficient (Wildman–Crippen LogP) is 1.94. The minimum absolute atomic E-state index is 0.0248. The number of carbonyl (C=O) groups is 1. The van der Waals surface area contributed by atoms with E-state index in [1.165, 1.54) is 18.4 Å². The van der Waals surface area contributed by atoms with Crippen molar-refractivity contribution in [3.63, 3.8) is 0 Å². The Kier molecular flexibility index (Phi) is 6.02. The second-order valence-corrected chi connectivity index (χ2v) is 6.67. The molecule has 0 saturated carbocycles. The fraction of sp³-hybridized carbons (Fsp3) is 0.500. The SMILES string of the molecule is CCCCCNC(=O)Cc1ccc(S(C)(=O)=O)cc1. The molecule has 0 fully saturated rings. The maximum absolute atomic E-state index is 11.6. The van der Waals surface area contributed by atoms with E-state index >= 15 is 0 Å². The molecule has 0 spiro atoms. The van der Waals surface area contributed by atoms with E-state index in [1.807, 2.05) is 0 Å². The maximum atomic E-state index is 11.6. The lowest BCUT2D eigenvalue weighted by molar-refractivity contribution is -0.120. The number of sulfone groups is 1. The van der Waals surface area contributed by atoms with Crippen LogP contribution in [-0.4, -0.2) is 27.1 Å². The molecule has 1 aromatic carbocycles. The van der Waals surface area contributed by atoms with Crippen LogP contribution in [-0.2, 0) is 21.1 Å². The molecule has 1 N–H and O–H groups in total. The van der Waals surface area contributed by atoms with Crippen molar-refractivity contribution in [2.45, 2.75) is 37.5 Å². The molecule has 0 aliphatic carbocycles. The lowest BCUT2D eigenvalue weighted by Gasteiger charge is -2.05. The zero-order chi connectivity index (χ0) is 14.3.